The van der Waals surface area contributed by atoms with Gasteiger partial charge in [0.15, 0.2) is 0 Å². The molecule has 0 radical (unpaired) electrons. The highest BCUT2D eigenvalue weighted by atomic mass is 16.5. The summed E-state index contributed by atoms with van der Waals surface area (Å²) in [5.74, 6) is 0.219. The lowest BCUT2D eigenvalue weighted by Crippen LogP contribution is -2.16. The van der Waals surface area contributed by atoms with Crippen molar-refractivity contribution >= 4 is 5.97 Å². The molecule has 1 atom stereocenters. The summed E-state index contributed by atoms with van der Waals surface area (Å²) in [5, 5.41) is 0. The molecule has 2 nitrogen and oxygen atoms in total. The van der Waals surface area contributed by atoms with Gasteiger partial charge in [-0.15, -0.1) is 0 Å². The molecule has 0 amide bonds. The largest absolute Gasteiger partial charge is 0.465 e. The minimum atomic E-state index is -0.182. The molecule has 0 heterocycles. The van der Waals surface area contributed by atoms with Gasteiger partial charge in [-0.05, 0) is 30.4 Å². The molecule has 0 spiro atoms. The Morgan fingerprint density at radius 1 is 1.47 bits per heavy atom. The number of rotatable bonds is 2. The second-order valence-corrected chi connectivity index (χ2v) is 4.09. The molecule has 0 aliphatic heterocycles. The molecule has 15 heavy (non-hydrogen) atoms. The van der Waals surface area contributed by atoms with Gasteiger partial charge in [-0.3, -0.25) is 4.79 Å². The van der Waals surface area contributed by atoms with Gasteiger partial charge in [0.2, 0.25) is 0 Å². The number of fused-ring (bicyclic) bond motifs is 1. The number of carbonyl (C=O) groups is 1. The number of esters is 1. The third-order valence-electron chi connectivity index (χ3n) is 2.98. The lowest BCUT2D eigenvalue weighted by molar-refractivity contribution is -0.141. The molecule has 1 aromatic rings. The van der Waals surface area contributed by atoms with E-state index in [2.05, 4.69) is 24.3 Å². The van der Waals surface area contributed by atoms with E-state index in [0.29, 0.717) is 12.5 Å². The highest BCUT2D eigenvalue weighted by Crippen LogP contribution is 2.31. The van der Waals surface area contributed by atoms with Crippen molar-refractivity contribution in [2.45, 2.75) is 32.1 Å². The van der Waals surface area contributed by atoms with Crippen LogP contribution in [0.5, 0.6) is 0 Å². The average Bonchev–Trinajstić information content (AvgIpc) is 2.26. The average molecular weight is 204 g/mol. The van der Waals surface area contributed by atoms with Crippen LogP contribution in [0, 0.1) is 0 Å². The molecule has 0 aromatic heterocycles. The second kappa shape index (κ2) is 4.47. The van der Waals surface area contributed by atoms with E-state index in [0.717, 1.165) is 12.8 Å². The fourth-order valence-electron chi connectivity index (χ4n) is 2.25. The number of aryl methyl sites for hydroxylation is 1. The summed E-state index contributed by atoms with van der Waals surface area (Å²) in [7, 11) is 0. The topological polar surface area (TPSA) is 26.3 Å². The van der Waals surface area contributed by atoms with E-state index in [-0.39, 0.29) is 5.97 Å². The van der Waals surface area contributed by atoms with E-state index in [1.165, 1.54) is 24.5 Å². The number of hydrogen-bond donors (Lipinski definition) is 0. The molecule has 2 heteroatoms. The Labute approximate surface area is 90.3 Å². The van der Waals surface area contributed by atoms with Crippen LogP contribution < -0.4 is 0 Å². The fraction of sp³-hybridized carbons (Fsp3) is 0.462. The highest BCUT2D eigenvalue weighted by Gasteiger charge is 2.20. The molecule has 1 aliphatic carbocycles. The standard InChI is InChI=1S/C13H16O2/c1-10(14)15-9-12-7-4-6-11-5-2-3-8-13(11)12/h2-3,5,8,12H,4,6-7,9H2,1H3/t12-/m1/s1. The molecule has 0 saturated heterocycles. The van der Waals surface area contributed by atoms with Gasteiger partial charge in [0.1, 0.15) is 0 Å². The lowest BCUT2D eigenvalue weighted by atomic mass is 9.83. The van der Waals surface area contributed by atoms with E-state index in [1.54, 1.807) is 0 Å². The van der Waals surface area contributed by atoms with Crippen LogP contribution in [-0.4, -0.2) is 12.6 Å². The molecular formula is C13H16O2. The first-order chi connectivity index (χ1) is 7.27. The first-order valence-corrected chi connectivity index (χ1v) is 5.48. The van der Waals surface area contributed by atoms with E-state index in [9.17, 15) is 4.79 Å². The molecule has 0 bridgehead atoms. The highest BCUT2D eigenvalue weighted by molar-refractivity contribution is 5.66. The smallest absolute Gasteiger partial charge is 0.302 e. The number of benzene rings is 1. The zero-order valence-electron chi connectivity index (χ0n) is 9.03. The molecule has 0 saturated carbocycles. The molecule has 1 aromatic carbocycles. The van der Waals surface area contributed by atoms with Gasteiger partial charge in [0.05, 0.1) is 6.61 Å². The van der Waals surface area contributed by atoms with Gasteiger partial charge < -0.3 is 4.74 Å². The Hall–Kier alpha value is -1.31. The van der Waals surface area contributed by atoms with Crippen LogP contribution in [0.1, 0.15) is 36.8 Å². The Morgan fingerprint density at radius 3 is 3.07 bits per heavy atom. The zero-order chi connectivity index (χ0) is 10.7. The molecule has 2 rings (SSSR count). The van der Waals surface area contributed by atoms with Crippen molar-refractivity contribution in [3.63, 3.8) is 0 Å². The number of hydrogen-bond acceptors (Lipinski definition) is 2. The van der Waals surface area contributed by atoms with Crippen molar-refractivity contribution in [1.82, 2.24) is 0 Å². The predicted octanol–water partition coefficient (Wildman–Crippen LogP) is 2.67. The Balaban J connectivity index is 2.11. The summed E-state index contributed by atoms with van der Waals surface area (Å²) >= 11 is 0. The van der Waals surface area contributed by atoms with Crippen molar-refractivity contribution in [2.24, 2.45) is 0 Å². The minimum absolute atomic E-state index is 0.182. The maximum atomic E-state index is 10.8. The van der Waals surface area contributed by atoms with Crippen LogP contribution in [0.2, 0.25) is 0 Å². The first kappa shape index (κ1) is 10.2. The van der Waals surface area contributed by atoms with Gasteiger partial charge in [-0.2, -0.15) is 0 Å². The van der Waals surface area contributed by atoms with Crippen molar-refractivity contribution in [3.8, 4) is 0 Å². The van der Waals surface area contributed by atoms with Crippen LogP contribution in [-0.2, 0) is 16.0 Å². The van der Waals surface area contributed by atoms with Crippen LogP contribution in [0.25, 0.3) is 0 Å². The molecular weight excluding hydrogens is 188 g/mol. The summed E-state index contributed by atoms with van der Waals surface area (Å²) < 4.78 is 5.10. The van der Waals surface area contributed by atoms with Crippen molar-refractivity contribution in [2.75, 3.05) is 6.61 Å². The summed E-state index contributed by atoms with van der Waals surface area (Å²) in [5.41, 5.74) is 2.78. The third-order valence-corrected chi connectivity index (χ3v) is 2.98. The predicted molar refractivity (Wildman–Crippen MR) is 58.8 cm³/mol. The van der Waals surface area contributed by atoms with Gasteiger partial charge in [-0.25, -0.2) is 0 Å². The maximum Gasteiger partial charge on any atom is 0.302 e. The Morgan fingerprint density at radius 2 is 2.27 bits per heavy atom. The number of ether oxygens (including phenoxy) is 1. The minimum Gasteiger partial charge on any atom is -0.465 e. The van der Waals surface area contributed by atoms with Crippen LogP contribution >= 0.6 is 0 Å². The van der Waals surface area contributed by atoms with E-state index >= 15 is 0 Å². The lowest BCUT2D eigenvalue weighted by Gasteiger charge is -2.24. The van der Waals surface area contributed by atoms with Gasteiger partial charge in [-0.1, -0.05) is 24.3 Å². The maximum absolute atomic E-state index is 10.8. The monoisotopic (exact) mass is 204 g/mol. The first-order valence-electron chi connectivity index (χ1n) is 5.48. The molecule has 0 unspecified atom stereocenters. The zero-order valence-corrected chi connectivity index (χ0v) is 9.03. The summed E-state index contributed by atoms with van der Waals surface area (Å²) in [6.45, 7) is 2.00. The third kappa shape index (κ3) is 2.38. The van der Waals surface area contributed by atoms with Crippen LogP contribution in [0.4, 0.5) is 0 Å². The van der Waals surface area contributed by atoms with Gasteiger partial charge in [0.25, 0.3) is 0 Å². The second-order valence-electron chi connectivity index (χ2n) is 4.09. The molecule has 0 N–H and O–H groups in total. The Kier molecular flexibility index (Phi) is 3.05. The SMILES string of the molecule is CC(=O)OC[C@H]1CCCc2ccccc21. The van der Waals surface area contributed by atoms with Crippen molar-refractivity contribution in [1.29, 1.82) is 0 Å². The van der Waals surface area contributed by atoms with Gasteiger partial charge in [0, 0.05) is 12.8 Å². The van der Waals surface area contributed by atoms with E-state index in [1.807, 2.05) is 0 Å². The van der Waals surface area contributed by atoms with Gasteiger partial charge >= 0.3 is 5.97 Å². The molecule has 1 aliphatic rings. The molecule has 0 fully saturated rings. The van der Waals surface area contributed by atoms with Crippen LogP contribution in [0.3, 0.4) is 0 Å². The number of carbonyl (C=O) groups excluding carboxylic acids is 1. The van der Waals surface area contributed by atoms with Crippen molar-refractivity contribution < 1.29 is 9.53 Å². The van der Waals surface area contributed by atoms with Crippen LogP contribution in [0.15, 0.2) is 24.3 Å². The summed E-state index contributed by atoms with van der Waals surface area (Å²) in [6, 6.07) is 8.47. The summed E-state index contributed by atoms with van der Waals surface area (Å²) in [4.78, 5) is 10.8. The Bertz CT molecular complexity index is 357. The molecule has 80 valence electrons. The summed E-state index contributed by atoms with van der Waals surface area (Å²) in [6.07, 6.45) is 3.49. The quantitative estimate of drug-likeness (QED) is 0.692. The normalized spacial score (nSPS) is 19.4. The van der Waals surface area contributed by atoms with E-state index < -0.39 is 0 Å². The van der Waals surface area contributed by atoms with E-state index in [4.69, 9.17) is 4.74 Å². The van der Waals surface area contributed by atoms with Crippen molar-refractivity contribution in [3.05, 3.63) is 35.4 Å². The fourth-order valence-corrected chi connectivity index (χ4v) is 2.25.